The van der Waals surface area contributed by atoms with Gasteiger partial charge in [-0.3, -0.25) is 4.79 Å². The fourth-order valence-electron chi connectivity index (χ4n) is 1.47. The molecule has 2 aromatic rings. The third-order valence-corrected chi connectivity index (χ3v) is 2.18. The molecule has 82 valence electrons. The Morgan fingerprint density at radius 1 is 1.31 bits per heavy atom. The highest BCUT2D eigenvalue weighted by Crippen LogP contribution is 2.19. The van der Waals surface area contributed by atoms with Crippen molar-refractivity contribution in [3.63, 3.8) is 0 Å². The molecule has 2 rings (SSSR count). The van der Waals surface area contributed by atoms with Crippen molar-refractivity contribution in [2.24, 2.45) is 0 Å². The van der Waals surface area contributed by atoms with Gasteiger partial charge in [0, 0.05) is 5.56 Å². The molecule has 0 fully saturated rings. The Morgan fingerprint density at radius 2 is 2.00 bits per heavy atom. The smallest absolute Gasteiger partial charge is 0.361 e. The molecule has 0 aliphatic heterocycles. The maximum atomic E-state index is 11.3. The lowest BCUT2D eigenvalue weighted by Gasteiger charge is -1.98. The van der Waals surface area contributed by atoms with Crippen molar-refractivity contribution in [2.45, 2.75) is 6.42 Å². The first-order valence-electron chi connectivity index (χ1n) is 4.66. The van der Waals surface area contributed by atoms with Gasteiger partial charge in [-0.05, 0) is 0 Å². The number of carboxylic acids is 1. The van der Waals surface area contributed by atoms with Crippen molar-refractivity contribution in [1.29, 1.82) is 0 Å². The van der Waals surface area contributed by atoms with E-state index in [4.69, 9.17) is 5.11 Å². The number of hydrogen-bond donors (Lipinski definition) is 2. The molecule has 0 aliphatic carbocycles. The molecule has 1 aromatic carbocycles. The zero-order valence-electron chi connectivity index (χ0n) is 8.27. The van der Waals surface area contributed by atoms with E-state index >= 15 is 0 Å². The molecule has 0 bridgehead atoms. The molecule has 5 heteroatoms. The number of aliphatic carboxylic acids is 1. The number of H-pyrrole nitrogens is 1. The second-order valence-corrected chi connectivity index (χ2v) is 3.28. The molecule has 1 heterocycles. The van der Waals surface area contributed by atoms with Gasteiger partial charge < -0.3 is 9.63 Å². The van der Waals surface area contributed by atoms with Crippen LogP contribution in [-0.2, 0) is 11.2 Å². The summed E-state index contributed by atoms with van der Waals surface area (Å²) in [5, 5.41) is 11.1. The minimum Gasteiger partial charge on any atom is -0.481 e. The Morgan fingerprint density at radius 3 is 2.62 bits per heavy atom. The van der Waals surface area contributed by atoms with Gasteiger partial charge in [-0.25, -0.2) is 9.95 Å². The SMILES string of the molecule is O=C(O)Cc1c(-c2ccccc2)[nH]oc1=O. The largest absolute Gasteiger partial charge is 0.481 e. The van der Waals surface area contributed by atoms with E-state index in [9.17, 15) is 9.59 Å². The maximum Gasteiger partial charge on any atom is 0.361 e. The van der Waals surface area contributed by atoms with Crippen molar-refractivity contribution < 1.29 is 14.4 Å². The minimum atomic E-state index is -1.07. The number of aromatic nitrogens is 1. The fourth-order valence-corrected chi connectivity index (χ4v) is 1.47. The molecular formula is C11H9NO4. The standard InChI is InChI=1S/C11H9NO4/c13-9(14)6-8-10(12-16-11(8)15)7-4-2-1-3-5-7/h1-5,12H,6H2,(H,13,14). The Labute approximate surface area is 90.3 Å². The first-order valence-corrected chi connectivity index (χ1v) is 4.66. The summed E-state index contributed by atoms with van der Waals surface area (Å²) >= 11 is 0. The van der Waals surface area contributed by atoms with Gasteiger partial charge in [0.25, 0.3) is 0 Å². The molecule has 0 unspecified atom stereocenters. The van der Waals surface area contributed by atoms with E-state index in [-0.39, 0.29) is 12.0 Å². The Balaban J connectivity index is 2.50. The third kappa shape index (κ3) is 1.88. The molecule has 0 spiro atoms. The number of hydrogen-bond acceptors (Lipinski definition) is 3. The highest BCUT2D eigenvalue weighted by molar-refractivity contribution is 5.74. The van der Waals surface area contributed by atoms with E-state index in [1.165, 1.54) is 0 Å². The number of benzene rings is 1. The summed E-state index contributed by atoms with van der Waals surface area (Å²) in [6.07, 6.45) is -0.351. The molecular weight excluding hydrogens is 210 g/mol. The maximum absolute atomic E-state index is 11.3. The highest BCUT2D eigenvalue weighted by atomic mass is 16.5. The van der Waals surface area contributed by atoms with Crippen LogP contribution >= 0.6 is 0 Å². The lowest BCUT2D eigenvalue weighted by molar-refractivity contribution is -0.136. The van der Waals surface area contributed by atoms with E-state index in [1.54, 1.807) is 24.3 Å². The lowest BCUT2D eigenvalue weighted by Crippen LogP contribution is -2.09. The van der Waals surface area contributed by atoms with Crippen molar-refractivity contribution in [2.75, 3.05) is 0 Å². The molecule has 2 N–H and O–H groups in total. The topological polar surface area (TPSA) is 83.3 Å². The van der Waals surface area contributed by atoms with Crippen molar-refractivity contribution in [1.82, 2.24) is 5.16 Å². The Hall–Kier alpha value is -2.30. The van der Waals surface area contributed by atoms with E-state index in [2.05, 4.69) is 9.68 Å². The number of aromatic amines is 1. The van der Waals surface area contributed by atoms with Gasteiger partial charge in [0.2, 0.25) is 0 Å². The van der Waals surface area contributed by atoms with Crippen LogP contribution < -0.4 is 5.63 Å². The second-order valence-electron chi connectivity index (χ2n) is 3.28. The number of carboxylic acid groups (broad SMARTS) is 1. The van der Waals surface area contributed by atoms with Gasteiger partial charge in [0.1, 0.15) is 0 Å². The molecule has 0 radical (unpaired) electrons. The van der Waals surface area contributed by atoms with Crippen LogP contribution in [-0.4, -0.2) is 16.2 Å². The first kappa shape index (κ1) is 10.2. The number of nitrogens with one attached hydrogen (secondary N) is 1. The van der Waals surface area contributed by atoms with Gasteiger partial charge in [-0.15, -0.1) is 0 Å². The van der Waals surface area contributed by atoms with Crippen LogP contribution in [0.5, 0.6) is 0 Å². The molecule has 1 aromatic heterocycles. The summed E-state index contributed by atoms with van der Waals surface area (Å²) in [7, 11) is 0. The predicted molar refractivity (Wildman–Crippen MR) is 56.1 cm³/mol. The minimum absolute atomic E-state index is 0.138. The molecule has 0 amide bonds. The van der Waals surface area contributed by atoms with Gasteiger partial charge in [-0.2, -0.15) is 0 Å². The van der Waals surface area contributed by atoms with E-state index in [1.807, 2.05) is 6.07 Å². The van der Waals surface area contributed by atoms with Crippen LogP contribution in [0.3, 0.4) is 0 Å². The van der Waals surface area contributed by atoms with Gasteiger partial charge >= 0.3 is 11.6 Å². The van der Waals surface area contributed by atoms with Crippen molar-refractivity contribution in [3.05, 3.63) is 46.3 Å². The van der Waals surface area contributed by atoms with Crippen LogP contribution in [0.15, 0.2) is 39.6 Å². The van der Waals surface area contributed by atoms with Crippen LogP contribution in [0.2, 0.25) is 0 Å². The van der Waals surface area contributed by atoms with Gasteiger partial charge in [-0.1, -0.05) is 30.3 Å². The van der Waals surface area contributed by atoms with Gasteiger partial charge in [0.05, 0.1) is 17.7 Å². The first-order chi connectivity index (χ1) is 7.68. The van der Waals surface area contributed by atoms with Crippen LogP contribution in [0.25, 0.3) is 11.3 Å². The third-order valence-electron chi connectivity index (χ3n) is 2.18. The normalized spacial score (nSPS) is 10.2. The van der Waals surface area contributed by atoms with Crippen molar-refractivity contribution in [3.8, 4) is 11.3 Å². The van der Waals surface area contributed by atoms with E-state index < -0.39 is 11.6 Å². The average molecular weight is 219 g/mol. The molecule has 0 saturated heterocycles. The Kier molecular flexibility index (Phi) is 2.59. The number of carbonyl (C=O) groups is 1. The quantitative estimate of drug-likeness (QED) is 0.814. The van der Waals surface area contributed by atoms with Crippen LogP contribution in [0, 0.1) is 0 Å². The molecule has 0 aliphatic rings. The average Bonchev–Trinajstić information content (AvgIpc) is 2.61. The summed E-state index contributed by atoms with van der Waals surface area (Å²) in [6, 6.07) is 8.97. The zero-order chi connectivity index (χ0) is 11.5. The molecule has 5 nitrogen and oxygen atoms in total. The van der Waals surface area contributed by atoms with Crippen LogP contribution in [0.1, 0.15) is 5.56 Å². The summed E-state index contributed by atoms with van der Waals surface area (Å²) in [5.41, 5.74) is 0.651. The highest BCUT2D eigenvalue weighted by Gasteiger charge is 2.16. The molecule has 0 atom stereocenters. The fraction of sp³-hybridized carbons (Fsp3) is 0.0909. The summed E-state index contributed by atoms with van der Waals surface area (Å²) in [5.74, 6) is -1.07. The molecule has 0 saturated carbocycles. The van der Waals surface area contributed by atoms with E-state index in [0.717, 1.165) is 5.56 Å². The number of rotatable bonds is 3. The summed E-state index contributed by atoms with van der Waals surface area (Å²) < 4.78 is 4.61. The summed E-state index contributed by atoms with van der Waals surface area (Å²) in [4.78, 5) is 21.9. The molecule has 16 heavy (non-hydrogen) atoms. The monoisotopic (exact) mass is 219 g/mol. The van der Waals surface area contributed by atoms with E-state index in [0.29, 0.717) is 5.69 Å². The summed E-state index contributed by atoms with van der Waals surface area (Å²) in [6.45, 7) is 0. The van der Waals surface area contributed by atoms with Gasteiger partial charge in [0.15, 0.2) is 0 Å². The van der Waals surface area contributed by atoms with Crippen LogP contribution in [0.4, 0.5) is 0 Å². The zero-order valence-corrected chi connectivity index (χ0v) is 8.27. The Bertz CT molecular complexity index is 553. The predicted octanol–water partition coefficient (Wildman–Crippen LogP) is 1.26. The second kappa shape index (κ2) is 4.06. The lowest BCUT2D eigenvalue weighted by atomic mass is 10.1. The van der Waals surface area contributed by atoms with Crippen molar-refractivity contribution >= 4 is 5.97 Å².